The smallest absolute Gasteiger partial charge is 0.308 e. The van der Waals surface area contributed by atoms with Gasteiger partial charge in [-0.25, -0.2) is 0 Å². The minimum Gasteiger partial charge on any atom is -0.308 e. The van der Waals surface area contributed by atoms with E-state index in [1.54, 1.807) is 0 Å². The molecule has 2 rings (SSSR count). The van der Waals surface area contributed by atoms with Gasteiger partial charge < -0.3 is 5.32 Å². The second kappa shape index (κ2) is 5.60. The lowest BCUT2D eigenvalue weighted by Crippen LogP contribution is -2.64. The van der Waals surface area contributed by atoms with Gasteiger partial charge in [-0.15, -0.1) is 0 Å². The third kappa shape index (κ3) is 3.85. The summed E-state index contributed by atoms with van der Waals surface area (Å²) in [6.07, 6.45) is -0.410. The quantitative estimate of drug-likeness (QED) is 0.831. The molecule has 0 aromatic heterocycles. The highest BCUT2D eigenvalue weighted by Crippen LogP contribution is 2.38. The second-order valence-corrected chi connectivity index (χ2v) is 6.11. The Labute approximate surface area is 113 Å². The lowest BCUT2D eigenvalue weighted by molar-refractivity contribution is -0.141. The van der Waals surface area contributed by atoms with Gasteiger partial charge in [0.2, 0.25) is 0 Å². The highest BCUT2D eigenvalue weighted by Gasteiger charge is 2.43. The number of piperazine rings is 1. The maximum absolute atomic E-state index is 12.5. The van der Waals surface area contributed by atoms with Crippen LogP contribution in [0.4, 0.5) is 13.2 Å². The standard InChI is InChI=1S/C14H25F3N2/c1-3-13(4-2)10-19(8-7-14(15,16)17)12(9-18-13)11-5-6-11/h11-12,18H,3-10H2,1-2H3. The van der Waals surface area contributed by atoms with Gasteiger partial charge in [0.15, 0.2) is 0 Å². The molecule has 1 saturated carbocycles. The summed E-state index contributed by atoms with van der Waals surface area (Å²) in [5, 5.41) is 3.61. The van der Waals surface area contributed by atoms with Gasteiger partial charge in [-0.2, -0.15) is 13.2 Å². The number of nitrogens with one attached hydrogen (secondary N) is 1. The van der Waals surface area contributed by atoms with Crippen molar-refractivity contribution >= 4 is 0 Å². The van der Waals surface area contributed by atoms with Gasteiger partial charge in [-0.1, -0.05) is 13.8 Å². The molecule has 0 amide bonds. The molecule has 0 radical (unpaired) electrons. The Bertz CT molecular complexity index is 296. The predicted molar refractivity (Wildman–Crippen MR) is 70.1 cm³/mol. The lowest BCUT2D eigenvalue weighted by atomic mass is 9.87. The number of halogens is 3. The fraction of sp³-hybridized carbons (Fsp3) is 1.00. The highest BCUT2D eigenvalue weighted by molar-refractivity contribution is 5.01. The van der Waals surface area contributed by atoms with E-state index in [1.807, 2.05) is 0 Å². The van der Waals surface area contributed by atoms with E-state index < -0.39 is 12.6 Å². The zero-order valence-electron chi connectivity index (χ0n) is 11.9. The lowest BCUT2D eigenvalue weighted by Gasteiger charge is -2.48. The Morgan fingerprint density at radius 3 is 2.32 bits per heavy atom. The molecule has 0 aromatic rings. The minimum atomic E-state index is -4.04. The van der Waals surface area contributed by atoms with Crippen LogP contribution in [0.5, 0.6) is 0 Å². The maximum Gasteiger partial charge on any atom is 0.390 e. The first kappa shape index (κ1) is 15.1. The fourth-order valence-corrected chi connectivity index (χ4v) is 3.20. The van der Waals surface area contributed by atoms with Crippen LogP contribution in [-0.4, -0.2) is 42.3 Å². The maximum atomic E-state index is 12.5. The van der Waals surface area contributed by atoms with E-state index in [0.717, 1.165) is 25.9 Å². The van der Waals surface area contributed by atoms with Gasteiger partial charge in [-0.05, 0) is 31.6 Å². The van der Waals surface area contributed by atoms with E-state index in [2.05, 4.69) is 24.1 Å². The van der Waals surface area contributed by atoms with Crippen LogP contribution in [0.3, 0.4) is 0 Å². The Morgan fingerprint density at radius 2 is 1.84 bits per heavy atom. The van der Waals surface area contributed by atoms with Crippen molar-refractivity contribution in [2.75, 3.05) is 19.6 Å². The molecular weight excluding hydrogens is 253 g/mol. The van der Waals surface area contributed by atoms with Crippen LogP contribution in [0.1, 0.15) is 46.0 Å². The van der Waals surface area contributed by atoms with Crippen molar-refractivity contribution in [3.63, 3.8) is 0 Å². The molecule has 0 spiro atoms. The van der Waals surface area contributed by atoms with Crippen molar-refractivity contribution in [1.29, 1.82) is 0 Å². The molecule has 0 bridgehead atoms. The third-order valence-corrected chi connectivity index (χ3v) is 4.86. The number of rotatable bonds is 5. The van der Waals surface area contributed by atoms with Crippen LogP contribution in [-0.2, 0) is 0 Å². The summed E-state index contributed by atoms with van der Waals surface area (Å²) in [5.74, 6) is 0.618. The highest BCUT2D eigenvalue weighted by atomic mass is 19.4. The van der Waals surface area contributed by atoms with E-state index >= 15 is 0 Å². The molecule has 1 atom stereocenters. The summed E-state index contributed by atoms with van der Waals surface area (Å²) >= 11 is 0. The SMILES string of the molecule is CCC1(CC)CN(CCC(F)(F)F)C(C2CC2)CN1. The van der Waals surface area contributed by atoms with Gasteiger partial charge in [0, 0.05) is 31.2 Å². The van der Waals surface area contributed by atoms with Crippen molar-refractivity contribution in [3.8, 4) is 0 Å². The number of alkyl halides is 3. The summed E-state index contributed by atoms with van der Waals surface area (Å²) in [4.78, 5) is 2.11. The fourth-order valence-electron chi connectivity index (χ4n) is 3.20. The van der Waals surface area contributed by atoms with Gasteiger partial charge in [0.1, 0.15) is 0 Å². The largest absolute Gasteiger partial charge is 0.390 e. The average molecular weight is 278 g/mol. The molecule has 112 valence electrons. The molecule has 1 unspecified atom stereocenters. The molecule has 5 heteroatoms. The van der Waals surface area contributed by atoms with Crippen LogP contribution in [0.2, 0.25) is 0 Å². The molecule has 1 heterocycles. The van der Waals surface area contributed by atoms with Crippen LogP contribution < -0.4 is 5.32 Å². The molecule has 1 saturated heterocycles. The molecular formula is C14H25F3N2. The zero-order chi connectivity index (χ0) is 14.1. The summed E-state index contributed by atoms with van der Waals surface area (Å²) < 4.78 is 37.4. The van der Waals surface area contributed by atoms with Crippen molar-refractivity contribution in [1.82, 2.24) is 10.2 Å². The molecule has 2 fully saturated rings. The Hall–Kier alpha value is -0.290. The van der Waals surface area contributed by atoms with Crippen molar-refractivity contribution < 1.29 is 13.2 Å². The van der Waals surface area contributed by atoms with Gasteiger partial charge in [-0.3, -0.25) is 4.90 Å². The number of hydrogen-bond acceptors (Lipinski definition) is 2. The van der Waals surface area contributed by atoms with E-state index in [0.29, 0.717) is 12.0 Å². The third-order valence-electron chi connectivity index (χ3n) is 4.86. The van der Waals surface area contributed by atoms with Gasteiger partial charge in [0.05, 0.1) is 6.42 Å². The van der Waals surface area contributed by atoms with E-state index in [9.17, 15) is 13.2 Å². The number of nitrogens with zero attached hydrogens (tertiary/aromatic N) is 1. The Balaban J connectivity index is 2.00. The zero-order valence-corrected chi connectivity index (χ0v) is 11.9. The van der Waals surface area contributed by atoms with Crippen molar-refractivity contribution in [3.05, 3.63) is 0 Å². The Morgan fingerprint density at radius 1 is 1.21 bits per heavy atom. The van der Waals surface area contributed by atoms with Crippen LogP contribution in [0.15, 0.2) is 0 Å². The van der Waals surface area contributed by atoms with E-state index in [1.165, 1.54) is 12.8 Å². The summed E-state index contributed by atoms with van der Waals surface area (Å²) in [6, 6.07) is 0.313. The predicted octanol–water partition coefficient (Wildman–Crippen LogP) is 3.18. The molecule has 0 aromatic carbocycles. The monoisotopic (exact) mass is 278 g/mol. The van der Waals surface area contributed by atoms with Crippen LogP contribution >= 0.6 is 0 Å². The van der Waals surface area contributed by atoms with Crippen LogP contribution in [0.25, 0.3) is 0 Å². The van der Waals surface area contributed by atoms with Crippen molar-refractivity contribution in [2.45, 2.75) is 63.7 Å². The molecule has 1 aliphatic heterocycles. The van der Waals surface area contributed by atoms with Crippen molar-refractivity contribution in [2.24, 2.45) is 5.92 Å². The first-order valence-electron chi connectivity index (χ1n) is 7.45. The molecule has 19 heavy (non-hydrogen) atoms. The first-order chi connectivity index (χ1) is 8.89. The van der Waals surface area contributed by atoms with E-state index in [-0.39, 0.29) is 12.1 Å². The summed E-state index contributed by atoms with van der Waals surface area (Å²) in [6.45, 7) is 6.02. The second-order valence-electron chi connectivity index (χ2n) is 6.11. The van der Waals surface area contributed by atoms with Crippen LogP contribution in [0, 0.1) is 5.92 Å². The molecule has 1 aliphatic carbocycles. The van der Waals surface area contributed by atoms with E-state index in [4.69, 9.17) is 0 Å². The minimum absolute atomic E-state index is 0.0109. The Kier molecular flexibility index (Phi) is 4.45. The summed E-state index contributed by atoms with van der Waals surface area (Å²) in [7, 11) is 0. The molecule has 1 N–H and O–H groups in total. The van der Waals surface area contributed by atoms with Gasteiger partial charge >= 0.3 is 6.18 Å². The average Bonchev–Trinajstić information content (AvgIpc) is 3.19. The molecule has 2 nitrogen and oxygen atoms in total. The van der Waals surface area contributed by atoms with Gasteiger partial charge in [0.25, 0.3) is 0 Å². The first-order valence-corrected chi connectivity index (χ1v) is 7.45. The summed E-state index contributed by atoms with van der Waals surface area (Å²) in [5.41, 5.74) is 0.0109. The molecule has 2 aliphatic rings. The normalized spacial score (nSPS) is 28.6. The number of hydrogen-bond donors (Lipinski definition) is 1. The topological polar surface area (TPSA) is 15.3 Å².